The van der Waals surface area contributed by atoms with Gasteiger partial charge in [-0.15, -0.1) is 5.10 Å². The molecule has 0 bridgehead atoms. The molecule has 3 rings (SSSR count). The number of benzene rings is 2. The molecule has 0 saturated heterocycles. The first-order valence-corrected chi connectivity index (χ1v) is 8.95. The van der Waals surface area contributed by atoms with Crippen molar-refractivity contribution in [2.45, 2.75) is 6.92 Å². The molecule has 0 aliphatic carbocycles. The highest BCUT2D eigenvalue weighted by molar-refractivity contribution is 9.10. The number of amides is 1. The smallest absolute Gasteiger partial charge is 0.277 e. The van der Waals surface area contributed by atoms with Crippen LogP contribution in [0.25, 0.3) is 5.69 Å². The fraction of sp³-hybridized carbons (Fsp3) is 0.118. The molecule has 3 aromatic rings. The van der Waals surface area contributed by atoms with Crippen molar-refractivity contribution in [1.29, 1.82) is 0 Å². The minimum Gasteiger partial charge on any atom is -0.483 e. The van der Waals surface area contributed by atoms with Crippen molar-refractivity contribution in [1.82, 2.24) is 25.6 Å². The molecule has 1 N–H and O–H groups in total. The molecular formula is C17H14BrClN6O2. The zero-order valence-electron chi connectivity index (χ0n) is 14.1. The van der Waals surface area contributed by atoms with Crippen molar-refractivity contribution in [3.8, 4) is 11.4 Å². The van der Waals surface area contributed by atoms with Gasteiger partial charge in [0.25, 0.3) is 5.91 Å². The number of rotatable bonds is 6. The fourth-order valence-corrected chi connectivity index (χ4v) is 2.93. The maximum Gasteiger partial charge on any atom is 0.277 e. The molecule has 0 aliphatic rings. The van der Waals surface area contributed by atoms with Gasteiger partial charge in [-0.2, -0.15) is 5.10 Å². The molecule has 8 nitrogen and oxygen atoms in total. The third-order valence-corrected chi connectivity index (χ3v) is 4.33. The Bertz CT molecular complexity index is 977. The lowest BCUT2D eigenvalue weighted by atomic mass is 10.1. The fourth-order valence-electron chi connectivity index (χ4n) is 2.13. The number of hydrazone groups is 1. The van der Waals surface area contributed by atoms with Crippen molar-refractivity contribution in [2.24, 2.45) is 5.10 Å². The van der Waals surface area contributed by atoms with Crippen LogP contribution in [0.5, 0.6) is 5.75 Å². The van der Waals surface area contributed by atoms with Gasteiger partial charge in [-0.25, -0.2) is 10.1 Å². The summed E-state index contributed by atoms with van der Waals surface area (Å²) in [6.07, 6.45) is 1.50. The highest BCUT2D eigenvalue weighted by Gasteiger charge is 2.07. The van der Waals surface area contributed by atoms with Gasteiger partial charge in [-0.3, -0.25) is 4.79 Å². The summed E-state index contributed by atoms with van der Waals surface area (Å²) in [6, 6.07) is 12.5. The van der Waals surface area contributed by atoms with Gasteiger partial charge in [0.1, 0.15) is 12.1 Å². The molecule has 138 valence electrons. The number of nitrogens with one attached hydrogen (secondary N) is 1. The Morgan fingerprint density at radius 3 is 2.93 bits per heavy atom. The summed E-state index contributed by atoms with van der Waals surface area (Å²) in [5.41, 5.74) is 4.71. The van der Waals surface area contributed by atoms with Crippen molar-refractivity contribution in [3.05, 3.63) is 63.9 Å². The zero-order chi connectivity index (χ0) is 19.2. The van der Waals surface area contributed by atoms with Gasteiger partial charge < -0.3 is 4.74 Å². The van der Waals surface area contributed by atoms with Crippen LogP contribution in [0.15, 0.2) is 58.4 Å². The molecule has 0 fully saturated rings. The normalized spacial score (nSPS) is 11.3. The van der Waals surface area contributed by atoms with Crippen LogP contribution in [0, 0.1) is 0 Å². The average Bonchev–Trinajstić information content (AvgIpc) is 3.20. The van der Waals surface area contributed by atoms with Crippen molar-refractivity contribution >= 4 is 39.1 Å². The molecule has 10 heteroatoms. The molecule has 1 amide bonds. The number of tetrazole rings is 1. The third-order valence-electron chi connectivity index (χ3n) is 3.48. The number of halogens is 2. The van der Waals surface area contributed by atoms with Gasteiger partial charge in [-0.1, -0.05) is 23.7 Å². The number of carbonyl (C=O) groups excluding carboxylic acids is 1. The Morgan fingerprint density at radius 1 is 1.33 bits per heavy atom. The van der Waals surface area contributed by atoms with Crippen LogP contribution in [0.4, 0.5) is 0 Å². The lowest BCUT2D eigenvalue weighted by Gasteiger charge is -2.08. The molecule has 1 aromatic heterocycles. The number of hydrogen-bond acceptors (Lipinski definition) is 6. The number of ether oxygens (including phenoxy) is 1. The summed E-state index contributed by atoms with van der Waals surface area (Å²) in [4.78, 5) is 12.0. The maximum atomic E-state index is 12.0. The van der Waals surface area contributed by atoms with Crippen molar-refractivity contribution in [2.75, 3.05) is 6.61 Å². The lowest BCUT2D eigenvalue weighted by molar-refractivity contribution is -0.123. The zero-order valence-corrected chi connectivity index (χ0v) is 16.5. The van der Waals surface area contributed by atoms with E-state index < -0.39 is 0 Å². The molecule has 0 atom stereocenters. The van der Waals surface area contributed by atoms with E-state index in [1.54, 1.807) is 25.1 Å². The minimum absolute atomic E-state index is 0.179. The molecule has 27 heavy (non-hydrogen) atoms. The highest BCUT2D eigenvalue weighted by Crippen LogP contribution is 2.27. The quantitative estimate of drug-likeness (QED) is 0.461. The number of carbonyl (C=O) groups is 1. The van der Waals surface area contributed by atoms with E-state index in [0.717, 1.165) is 11.3 Å². The van der Waals surface area contributed by atoms with E-state index in [1.165, 1.54) is 11.0 Å². The molecule has 0 unspecified atom stereocenters. The lowest BCUT2D eigenvalue weighted by Crippen LogP contribution is -2.25. The van der Waals surface area contributed by atoms with Gasteiger partial charge in [0, 0.05) is 5.02 Å². The molecular weight excluding hydrogens is 436 g/mol. The number of aromatic nitrogens is 4. The second-order valence-electron chi connectivity index (χ2n) is 5.40. The van der Waals surface area contributed by atoms with E-state index in [9.17, 15) is 4.79 Å². The first kappa shape index (κ1) is 19.0. The van der Waals surface area contributed by atoms with Crippen molar-refractivity contribution < 1.29 is 9.53 Å². The minimum atomic E-state index is -0.382. The highest BCUT2D eigenvalue weighted by atomic mass is 79.9. The Hall–Kier alpha value is -2.78. The summed E-state index contributed by atoms with van der Waals surface area (Å²) >= 11 is 9.20. The summed E-state index contributed by atoms with van der Waals surface area (Å²) in [5.74, 6) is 0.136. The van der Waals surface area contributed by atoms with E-state index in [0.29, 0.717) is 21.0 Å². The monoisotopic (exact) mass is 448 g/mol. The van der Waals surface area contributed by atoms with Crippen LogP contribution in [0.3, 0.4) is 0 Å². The van der Waals surface area contributed by atoms with Gasteiger partial charge in [0.2, 0.25) is 0 Å². The van der Waals surface area contributed by atoms with Gasteiger partial charge >= 0.3 is 0 Å². The predicted octanol–water partition coefficient (Wildman–Crippen LogP) is 3.00. The van der Waals surface area contributed by atoms with Gasteiger partial charge in [-0.05, 0) is 69.2 Å². The van der Waals surface area contributed by atoms with E-state index in [-0.39, 0.29) is 12.5 Å². The predicted molar refractivity (Wildman–Crippen MR) is 104 cm³/mol. The third kappa shape index (κ3) is 5.11. The maximum absolute atomic E-state index is 12.0. The molecule has 0 aliphatic heterocycles. The van der Waals surface area contributed by atoms with Crippen LogP contribution in [-0.4, -0.2) is 38.4 Å². The van der Waals surface area contributed by atoms with Crippen LogP contribution >= 0.6 is 27.5 Å². The largest absolute Gasteiger partial charge is 0.483 e. The summed E-state index contributed by atoms with van der Waals surface area (Å²) in [7, 11) is 0. The first-order chi connectivity index (χ1) is 13.0. The van der Waals surface area contributed by atoms with Crippen molar-refractivity contribution in [3.63, 3.8) is 0 Å². The SMILES string of the molecule is C/C(=N/NC(=O)COc1ccc(Cl)cc1Br)c1cccc(-n2cnnn2)c1. The first-order valence-electron chi connectivity index (χ1n) is 7.78. The van der Waals surface area contributed by atoms with Crippen LogP contribution in [0.1, 0.15) is 12.5 Å². The second kappa shape index (κ2) is 8.74. The standard InChI is InChI=1S/C17H14BrClN6O2/c1-11(12-3-2-4-14(7-12)25-10-20-23-24-25)21-22-17(26)9-27-16-6-5-13(19)8-15(16)18/h2-8,10H,9H2,1H3,(H,22,26)/b21-11-. The Labute approximate surface area is 168 Å². The average molecular weight is 450 g/mol. The Morgan fingerprint density at radius 2 is 2.19 bits per heavy atom. The number of nitrogens with zero attached hydrogens (tertiary/aromatic N) is 5. The van der Waals surface area contributed by atoms with Crippen LogP contribution < -0.4 is 10.2 Å². The molecule has 1 heterocycles. The molecule has 0 spiro atoms. The summed E-state index contributed by atoms with van der Waals surface area (Å²) in [6.45, 7) is 1.61. The van der Waals surface area contributed by atoms with Crippen LogP contribution in [0.2, 0.25) is 5.02 Å². The molecule has 0 radical (unpaired) electrons. The Kier molecular flexibility index (Phi) is 6.15. The topological polar surface area (TPSA) is 94.3 Å². The summed E-state index contributed by atoms with van der Waals surface area (Å²) in [5, 5.41) is 15.7. The summed E-state index contributed by atoms with van der Waals surface area (Å²) < 4.78 is 7.65. The van der Waals surface area contributed by atoms with Gasteiger partial charge in [0.15, 0.2) is 6.61 Å². The van der Waals surface area contributed by atoms with Crippen LogP contribution in [-0.2, 0) is 4.79 Å². The van der Waals surface area contributed by atoms with E-state index in [4.69, 9.17) is 16.3 Å². The van der Waals surface area contributed by atoms with E-state index in [1.807, 2.05) is 24.3 Å². The van der Waals surface area contributed by atoms with Gasteiger partial charge in [0.05, 0.1) is 15.9 Å². The molecule has 2 aromatic carbocycles. The Balaban J connectivity index is 1.60. The number of hydrogen-bond donors (Lipinski definition) is 1. The second-order valence-corrected chi connectivity index (χ2v) is 6.69. The molecule has 0 saturated carbocycles. The van der Waals surface area contributed by atoms with E-state index >= 15 is 0 Å². The van der Waals surface area contributed by atoms with E-state index in [2.05, 4.69) is 42.0 Å².